The number of hydrogen-bond acceptors (Lipinski definition) is 7. The highest BCUT2D eigenvalue weighted by atomic mass is 16.5. The SMILES string of the molecule is Cc1nnc(-c2ccc(N3CC(Oc4ccccc4C)C3)nn2)o1. The molecule has 0 N–H and O–H groups in total. The molecule has 0 spiro atoms. The first kappa shape index (κ1) is 14.6. The van der Waals surface area contributed by atoms with Crippen LogP contribution in [0.4, 0.5) is 5.82 Å². The van der Waals surface area contributed by atoms with Gasteiger partial charge in [-0.05, 0) is 30.7 Å². The summed E-state index contributed by atoms with van der Waals surface area (Å²) in [6.07, 6.45) is 0.172. The Kier molecular flexibility index (Phi) is 3.60. The highest BCUT2D eigenvalue weighted by Crippen LogP contribution is 2.25. The number of benzene rings is 1. The van der Waals surface area contributed by atoms with Crippen molar-refractivity contribution in [2.45, 2.75) is 20.0 Å². The Hall–Kier alpha value is -2.96. The molecule has 0 bridgehead atoms. The van der Waals surface area contributed by atoms with E-state index in [4.69, 9.17) is 9.15 Å². The van der Waals surface area contributed by atoms with E-state index < -0.39 is 0 Å². The Morgan fingerprint density at radius 3 is 2.50 bits per heavy atom. The molecule has 3 aromatic rings. The summed E-state index contributed by atoms with van der Waals surface area (Å²) in [7, 11) is 0. The predicted octanol–water partition coefficient (Wildman–Crippen LogP) is 2.41. The fraction of sp³-hybridized carbons (Fsp3) is 0.294. The topological polar surface area (TPSA) is 77.2 Å². The van der Waals surface area contributed by atoms with Crippen LogP contribution in [0.15, 0.2) is 40.8 Å². The standard InChI is InChI=1S/C17H17N5O2/c1-11-5-3-4-6-15(11)24-13-9-22(10-13)16-8-7-14(19-20-16)17-21-18-12(2)23-17/h3-8,13H,9-10H2,1-2H3. The van der Waals surface area contributed by atoms with E-state index >= 15 is 0 Å². The predicted molar refractivity (Wildman–Crippen MR) is 87.9 cm³/mol. The van der Waals surface area contributed by atoms with Crippen LogP contribution in [-0.2, 0) is 0 Å². The minimum Gasteiger partial charge on any atom is -0.486 e. The highest BCUT2D eigenvalue weighted by molar-refractivity contribution is 5.50. The van der Waals surface area contributed by atoms with E-state index in [9.17, 15) is 0 Å². The number of rotatable bonds is 4. The number of aryl methyl sites for hydroxylation is 2. The molecule has 0 unspecified atom stereocenters. The van der Waals surface area contributed by atoms with Crippen LogP contribution in [0.1, 0.15) is 11.5 Å². The molecule has 3 heterocycles. The molecule has 7 nitrogen and oxygen atoms in total. The van der Waals surface area contributed by atoms with Gasteiger partial charge in [0.05, 0.1) is 13.1 Å². The van der Waals surface area contributed by atoms with Crippen molar-refractivity contribution >= 4 is 5.82 Å². The lowest BCUT2D eigenvalue weighted by Crippen LogP contribution is -2.54. The van der Waals surface area contributed by atoms with Gasteiger partial charge >= 0.3 is 0 Å². The molecule has 0 aliphatic carbocycles. The fourth-order valence-electron chi connectivity index (χ4n) is 2.58. The number of ether oxygens (including phenoxy) is 1. The van der Waals surface area contributed by atoms with Gasteiger partial charge in [0.2, 0.25) is 5.89 Å². The van der Waals surface area contributed by atoms with Gasteiger partial charge < -0.3 is 14.1 Å². The first-order chi connectivity index (χ1) is 11.7. The van der Waals surface area contributed by atoms with E-state index in [1.807, 2.05) is 30.3 Å². The van der Waals surface area contributed by atoms with Crippen molar-refractivity contribution in [2.24, 2.45) is 0 Å². The van der Waals surface area contributed by atoms with Gasteiger partial charge in [0.15, 0.2) is 5.82 Å². The van der Waals surface area contributed by atoms with Gasteiger partial charge in [0.25, 0.3) is 5.89 Å². The van der Waals surface area contributed by atoms with E-state index in [-0.39, 0.29) is 6.10 Å². The maximum atomic E-state index is 6.01. The first-order valence-electron chi connectivity index (χ1n) is 7.80. The summed E-state index contributed by atoms with van der Waals surface area (Å²) >= 11 is 0. The van der Waals surface area contributed by atoms with Crippen LogP contribution >= 0.6 is 0 Å². The van der Waals surface area contributed by atoms with Crippen LogP contribution < -0.4 is 9.64 Å². The Balaban J connectivity index is 1.38. The second-order valence-electron chi connectivity index (χ2n) is 5.81. The molecule has 1 fully saturated rings. The number of nitrogens with zero attached hydrogens (tertiary/aromatic N) is 5. The molecule has 1 aliphatic heterocycles. The molecule has 0 amide bonds. The van der Waals surface area contributed by atoms with Crippen LogP contribution in [0.2, 0.25) is 0 Å². The molecule has 0 radical (unpaired) electrons. The molecular formula is C17H17N5O2. The van der Waals surface area contributed by atoms with Crippen molar-refractivity contribution in [2.75, 3.05) is 18.0 Å². The maximum Gasteiger partial charge on any atom is 0.268 e. The second kappa shape index (κ2) is 5.92. The number of para-hydroxylation sites is 1. The third kappa shape index (κ3) is 2.80. The zero-order chi connectivity index (χ0) is 16.5. The molecule has 1 aromatic carbocycles. The largest absolute Gasteiger partial charge is 0.486 e. The summed E-state index contributed by atoms with van der Waals surface area (Å²) in [6.45, 7) is 5.38. The normalized spacial score (nSPS) is 14.5. The van der Waals surface area contributed by atoms with E-state index in [0.717, 1.165) is 30.2 Å². The monoisotopic (exact) mass is 323 g/mol. The van der Waals surface area contributed by atoms with Gasteiger partial charge in [-0.3, -0.25) is 0 Å². The van der Waals surface area contributed by atoms with Crippen LogP contribution in [0.25, 0.3) is 11.6 Å². The molecule has 7 heteroatoms. The van der Waals surface area contributed by atoms with Crippen LogP contribution in [0.5, 0.6) is 5.75 Å². The van der Waals surface area contributed by atoms with Gasteiger partial charge in [-0.1, -0.05) is 18.2 Å². The molecule has 4 rings (SSSR count). The van der Waals surface area contributed by atoms with Gasteiger partial charge in [0.1, 0.15) is 17.5 Å². The van der Waals surface area contributed by atoms with Gasteiger partial charge in [0, 0.05) is 6.92 Å². The molecule has 0 saturated carbocycles. The van der Waals surface area contributed by atoms with Crippen LogP contribution in [0.3, 0.4) is 0 Å². The molecule has 0 atom stereocenters. The van der Waals surface area contributed by atoms with Gasteiger partial charge in [-0.25, -0.2) is 0 Å². The Morgan fingerprint density at radius 2 is 1.83 bits per heavy atom. The summed E-state index contributed by atoms with van der Waals surface area (Å²) < 4.78 is 11.4. The average Bonchev–Trinajstić information content (AvgIpc) is 2.99. The van der Waals surface area contributed by atoms with Gasteiger partial charge in [-0.15, -0.1) is 20.4 Å². The number of aromatic nitrogens is 4. The Bertz CT molecular complexity index is 840. The highest BCUT2D eigenvalue weighted by Gasteiger charge is 2.30. The zero-order valence-corrected chi connectivity index (χ0v) is 13.5. The quantitative estimate of drug-likeness (QED) is 0.729. The third-order valence-electron chi connectivity index (χ3n) is 3.95. The summed E-state index contributed by atoms with van der Waals surface area (Å²) in [6, 6.07) is 11.8. The second-order valence-corrected chi connectivity index (χ2v) is 5.81. The van der Waals surface area contributed by atoms with Crippen molar-refractivity contribution in [3.05, 3.63) is 47.9 Å². The minimum atomic E-state index is 0.172. The molecule has 2 aromatic heterocycles. The first-order valence-corrected chi connectivity index (χ1v) is 7.80. The van der Waals surface area contributed by atoms with Crippen molar-refractivity contribution in [3.8, 4) is 17.3 Å². The third-order valence-corrected chi connectivity index (χ3v) is 3.95. The zero-order valence-electron chi connectivity index (χ0n) is 13.5. The minimum absolute atomic E-state index is 0.172. The lowest BCUT2D eigenvalue weighted by molar-refractivity contribution is 0.165. The number of anilines is 1. The lowest BCUT2D eigenvalue weighted by atomic mass is 10.1. The number of hydrogen-bond donors (Lipinski definition) is 0. The fourth-order valence-corrected chi connectivity index (χ4v) is 2.58. The van der Waals surface area contributed by atoms with E-state index in [1.165, 1.54) is 0 Å². The maximum absolute atomic E-state index is 6.01. The van der Waals surface area contributed by atoms with E-state index in [1.54, 1.807) is 6.92 Å². The van der Waals surface area contributed by atoms with E-state index in [0.29, 0.717) is 17.5 Å². The summed E-state index contributed by atoms with van der Waals surface area (Å²) in [5, 5.41) is 16.1. The molecule has 1 aliphatic rings. The van der Waals surface area contributed by atoms with Crippen molar-refractivity contribution in [1.82, 2.24) is 20.4 Å². The van der Waals surface area contributed by atoms with Crippen molar-refractivity contribution < 1.29 is 9.15 Å². The summed E-state index contributed by atoms with van der Waals surface area (Å²) in [5.74, 6) is 2.65. The van der Waals surface area contributed by atoms with E-state index in [2.05, 4.69) is 38.3 Å². The molecular weight excluding hydrogens is 306 g/mol. The lowest BCUT2D eigenvalue weighted by Gasteiger charge is -2.39. The Morgan fingerprint density at radius 1 is 1.00 bits per heavy atom. The van der Waals surface area contributed by atoms with Crippen LogP contribution in [0, 0.1) is 13.8 Å². The summed E-state index contributed by atoms with van der Waals surface area (Å²) in [5.41, 5.74) is 1.72. The van der Waals surface area contributed by atoms with Crippen molar-refractivity contribution in [3.63, 3.8) is 0 Å². The van der Waals surface area contributed by atoms with Gasteiger partial charge in [-0.2, -0.15) is 0 Å². The molecule has 24 heavy (non-hydrogen) atoms. The molecule has 1 saturated heterocycles. The smallest absolute Gasteiger partial charge is 0.268 e. The van der Waals surface area contributed by atoms with Crippen LogP contribution in [-0.4, -0.2) is 39.6 Å². The van der Waals surface area contributed by atoms with Crippen molar-refractivity contribution in [1.29, 1.82) is 0 Å². The average molecular weight is 323 g/mol. The summed E-state index contributed by atoms with van der Waals surface area (Å²) in [4.78, 5) is 2.12. The Labute approximate surface area is 139 Å². The molecule has 122 valence electrons.